The summed E-state index contributed by atoms with van der Waals surface area (Å²) in [6, 6.07) is 12.7. The third-order valence-electron chi connectivity index (χ3n) is 5.75. The molecule has 1 fully saturated rings. The number of carbonyl (C=O) groups excluding carboxylic acids is 1. The fraction of sp³-hybridized carbons (Fsp3) is 0.455. The molecule has 1 aliphatic carbocycles. The lowest BCUT2D eigenvalue weighted by Crippen LogP contribution is -2.47. The smallest absolute Gasteiger partial charge is 0.143 e. The molecule has 27 heavy (non-hydrogen) atoms. The van der Waals surface area contributed by atoms with Gasteiger partial charge in [-0.2, -0.15) is 0 Å². The molecule has 2 aromatic rings. The molecule has 1 unspecified atom stereocenters. The lowest BCUT2D eigenvalue weighted by atomic mass is 9.71. The van der Waals surface area contributed by atoms with Crippen molar-refractivity contribution in [3.63, 3.8) is 0 Å². The van der Waals surface area contributed by atoms with E-state index in [9.17, 15) is 4.79 Å². The predicted octanol–water partition coefficient (Wildman–Crippen LogP) is 4.43. The highest BCUT2D eigenvalue weighted by Crippen LogP contribution is 2.42. The van der Waals surface area contributed by atoms with Crippen LogP contribution in [-0.4, -0.2) is 37.4 Å². The van der Waals surface area contributed by atoms with Crippen molar-refractivity contribution in [3.05, 3.63) is 52.1 Å². The lowest BCUT2D eigenvalue weighted by Gasteiger charge is -2.39. The molecule has 4 nitrogen and oxygen atoms in total. The van der Waals surface area contributed by atoms with Gasteiger partial charge in [0.2, 0.25) is 0 Å². The molecular formula is C22H26BrN3O. The van der Waals surface area contributed by atoms with E-state index >= 15 is 0 Å². The van der Waals surface area contributed by atoms with E-state index in [4.69, 9.17) is 4.98 Å². The average molecular weight is 428 g/mol. The summed E-state index contributed by atoms with van der Waals surface area (Å²) in [5.74, 6) is 0.973. The Kier molecular flexibility index (Phi) is 4.97. The van der Waals surface area contributed by atoms with Crippen LogP contribution < -0.4 is 9.80 Å². The molecule has 0 bridgehead atoms. The summed E-state index contributed by atoms with van der Waals surface area (Å²) in [4.78, 5) is 21.4. The van der Waals surface area contributed by atoms with Crippen molar-refractivity contribution < 1.29 is 4.79 Å². The monoisotopic (exact) mass is 427 g/mol. The number of fused-ring (bicyclic) bond motifs is 1. The van der Waals surface area contributed by atoms with E-state index in [2.05, 4.69) is 76.0 Å². The molecule has 1 saturated heterocycles. The highest BCUT2D eigenvalue weighted by Gasteiger charge is 2.34. The molecule has 4 rings (SSSR count). The fourth-order valence-electron chi connectivity index (χ4n) is 4.38. The first-order valence-electron chi connectivity index (χ1n) is 9.66. The number of hydrogen-bond donors (Lipinski definition) is 0. The van der Waals surface area contributed by atoms with Crippen molar-refractivity contribution in [1.29, 1.82) is 0 Å². The maximum Gasteiger partial charge on any atom is 0.143 e. The molecule has 1 aromatic heterocycles. The Morgan fingerprint density at radius 3 is 2.44 bits per heavy atom. The van der Waals surface area contributed by atoms with Crippen LogP contribution in [0.15, 0.2) is 40.9 Å². The summed E-state index contributed by atoms with van der Waals surface area (Å²) in [5, 5.41) is 0. The van der Waals surface area contributed by atoms with Crippen LogP contribution in [0.1, 0.15) is 37.4 Å². The third-order valence-corrected chi connectivity index (χ3v) is 6.34. The van der Waals surface area contributed by atoms with E-state index in [0.717, 1.165) is 66.9 Å². The van der Waals surface area contributed by atoms with E-state index in [1.807, 2.05) is 0 Å². The molecule has 0 N–H and O–H groups in total. The van der Waals surface area contributed by atoms with E-state index in [0.29, 0.717) is 0 Å². The normalized spacial score (nSPS) is 21.7. The van der Waals surface area contributed by atoms with E-state index in [1.54, 1.807) is 0 Å². The van der Waals surface area contributed by atoms with Crippen molar-refractivity contribution in [2.45, 2.75) is 32.6 Å². The minimum atomic E-state index is -0.0449. The van der Waals surface area contributed by atoms with Gasteiger partial charge in [-0.05, 0) is 57.9 Å². The van der Waals surface area contributed by atoms with Gasteiger partial charge in [-0.25, -0.2) is 4.98 Å². The number of para-hydroxylation sites is 1. The zero-order valence-corrected chi connectivity index (χ0v) is 17.6. The number of rotatable bonds is 3. The van der Waals surface area contributed by atoms with E-state index in [1.165, 1.54) is 5.69 Å². The zero-order valence-electron chi connectivity index (χ0n) is 16.0. The van der Waals surface area contributed by atoms with Crippen molar-refractivity contribution in [2.24, 2.45) is 5.41 Å². The van der Waals surface area contributed by atoms with Gasteiger partial charge in [0.05, 0.1) is 4.47 Å². The van der Waals surface area contributed by atoms with Crippen LogP contribution in [0.5, 0.6) is 0 Å². The topological polar surface area (TPSA) is 36.4 Å². The molecule has 2 aliphatic rings. The number of hydrogen-bond acceptors (Lipinski definition) is 4. The number of nitrogens with zero attached hydrogens (tertiary/aromatic N) is 3. The standard InChI is InChI=1S/C22H26BrN3O/c1-22(2)13-16(15-27)18-12-19(23)21(24-20(18)14-22)26-10-8-25(9-11-26)17-6-4-3-5-7-17/h3-7,12,15-16H,8-11,13-14H2,1-2H3. The van der Waals surface area contributed by atoms with Gasteiger partial charge in [0, 0.05) is 43.5 Å². The van der Waals surface area contributed by atoms with Gasteiger partial charge < -0.3 is 14.6 Å². The number of aromatic nitrogens is 1. The number of halogens is 1. The summed E-state index contributed by atoms with van der Waals surface area (Å²) in [5.41, 5.74) is 3.59. The molecule has 0 amide bonds. The second kappa shape index (κ2) is 7.27. The summed E-state index contributed by atoms with van der Waals surface area (Å²) in [6.45, 7) is 8.32. The highest BCUT2D eigenvalue weighted by atomic mass is 79.9. The quantitative estimate of drug-likeness (QED) is 0.678. The zero-order chi connectivity index (χ0) is 19.0. The molecule has 0 radical (unpaired) electrons. The molecular weight excluding hydrogens is 402 g/mol. The van der Waals surface area contributed by atoms with E-state index < -0.39 is 0 Å². The van der Waals surface area contributed by atoms with Gasteiger partial charge in [-0.3, -0.25) is 0 Å². The van der Waals surface area contributed by atoms with Gasteiger partial charge in [-0.1, -0.05) is 32.0 Å². The van der Waals surface area contributed by atoms with Gasteiger partial charge in [0.25, 0.3) is 0 Å². The van der Waals surface area contributed by atoms with Crippen LogP contribution in [-0.2, 0) is 11.2 Å². The number of anilines is 2. The SMILES string of the molecule is CC1(C)Cc2nc(N3CCN(c4ccccc4)CC3)c(Br)cc2C(C=O)C1. The molecule has 0 saturated carbocycles. The summed E-state index contributed by atoms with van der Waals surface area (Å²) in [7, 11) is 0. The first-order valence-corrected chi connectivity index (χ1v) is 10.5. The number of pyridine rings is 1. The minimum absolute atomic E-state index is 0.0449. The van der Waals surface area contributed by atoms with Crippen molar-refractivity contribution in [1.82, 2.24) is 4.98 Å². The van der Waals surface area contributed by atoms with Crippen molar-refractivity contribution >= 4 is 33.7 Å². The fourth-order valence-corrected chi connectivity index (χ4v) is 4.97. The Hall–Kier alpha value is -1.88. The Balaban J connectivity index is 1.56. The maximum atomic E-state index is 11.6. The third kappa shape index (κ3) is 3.75. The van der Waals surface area contributed by atoms with Crippen LogP contribution in [0, 0.1) is 5.41 Å². The Labute approximate surface area is 169 Å². The van der Waals surface area contributed by atoms with Gasteiger partial charge >= 0.3 is 0 Å². The van der Waals surface area contributed by atoms with Crippen LogP contribution in [0.3, 0.4) is 0 Å². The van der Waals surface area contributed by atoms with Crippen LogP contribution in [0.25, 0.3) is 0 Å². The second-order valence-corrected chi connectivity index (χ2v) is 9.28. The molecule has 1 aromatic carbocycles. The van der Waals surface area contributed by atoms with Crippen molar-refractivity contribution in [2.75, 3.05) is 36.0 Å². The summed E-state index contributed by atoms with van der Waals surface area (Å²) < 4.78 is 1.00. The Bertz CT molecular complexity index is 829. The number of aldehydes is 1. The number of piperazine rings is 1. The van der Waals surface area contributed by atoms with Crippen LogP contribution in [0.2, 0.25) is 0 Å². The lowest BCUT2D eigenvalue weighted by molar-refractivity contribution is -0.109. The first kappa shape index (κ1) is 18.5. The predicted molar refractivity (Wildman–Crippen MR) is 114 cm³/mol. The molecule has 1 aliphatic heterocycles. The highest BCUT2D eigenvalue weighted by molar-refractivity contribution is 9.10. The largest absolute Gasteiger partial charge is 0.368 e. The maximum absolute atomic E-state index is 11.6. The number of carbonyl (C=O) groups is 1. The first-order chi connectivity index (χ1) is 13.0. The summed E-state index contributed by atoms with van der Waals surface area (Å²) >= 11 is 3.72. The van der Waals surface area contributed by atoms with Gasteiger partial charge in [0.1, 0.15) is 12.1 Å². The minimum Gasteiger partial charge on any atom is -0.368 e. The average Bonchev–Trinajstić information content (AvgIpc) is 2.68. The van der Waals surface area contributed by atoms with Gasteiger partial charge in [0.15, 0.2) is 0 Å². The van der Waals surface area contributed by atoms with E-state index in [-0.39, 0.29) is 11.3 Å². The molecule has 2 heterocycles. The Morgan fingerprint density at radius 2 is 1.78 bits per heavy atom. The van der Waals surface area contributed by atoms with Crippen LogP contribution in [0.4, 0.5) is 11.5 Å². The Morgan fingerprint density at radius 1 is 1.11 bits per heavy atom. The molecule has 5 heteroatoms. The van der Waals surface area contributed by atoms with Crippen molar-refractivity contribution in [3.8, 4) is 0 Å². The molecule has 142 valence electrons. The molecule has 0 spiro atoms. The van der Waals surface area contributed by atoms with Crippen LogP contribution >= 0.6 is 15.9 Å². The number of benzene rings is 1. The summed E-state index contributed by atoms with van der Waals surface area (Å²) in [6.07, 6.45) is 2.91. The molecule has 1 atom stereocenters. The second-order valence-electron chi connectivity index (χ2n) is 8.43. The van der Waals surface area contributed by atoms with Gasteiger partial charge in [-0.15, -0.1) is 0 Å².